The molecule has 0 unspecified atom stereocenters. The second-order valence-corrected chi connectivity index (χ2v) is 5.83. The molecular formula is C17H16BrNO2. The molecule has 0 atom stereocenters. The number of carbonyl (C=O) groups is 2. The number of hydrogen-bond donors (Lipinski definition) is 1. The van der Waals surface area contributed by atoms with Crippen molar-refractivity contribution >= 4 is 33.3 Å². The van der Waals surface area contributed by atoms with Crippen molar-refractivity contribution in [2.45, 2.75) is 20.8 Å². The smallest absolute Gasteiger partial charge is 0.221 e. The number of benzene rings is 2. The normalized spacial score (nSPS) is 10.3. The van der Waals surface area contributed by atoms with E-state index in [2.05, 4.69) is 21.2 Å². The predicted octanol–water partition coefficient (Wildman–Crippen LogP) is 4.26. The van der Waals surface area contributed by atoms with Gasteiger partial charge in [-0.15, -0.1) is 0 Å². The molecule has 2 aromatic carbocycles. The Hall–Kier alpha value is -1.94. The summed E-state index contributed by atoms with van der Waals surface area (Å²) in [4.78, 5) is 23.8. The van der Waals surface area contributed by atoms with E-state index in [4.69, 9.17) is 0 Å². The molecular weight excluding hydrogens is 330 g/mol. The Bertz CT molecular complexity index is 723. The highest BCUT2D eigenvalue weighted by Gasteiger charge is 2.16. The Morgan fingerprint density at radius 2 is 1.67 bits per heavy atom. The van der Waals surface area contributed by atoms with E-state index < -0.39 is 0 Å². The average Bonchev–Trinajstić information content (AvgIpc) is 2.42. The van der Waals surface area contributed by atoms with Gasteiger partial charge in [0.15, 0.2) is 5.78 Å². The molecule has 1 N–H and O–H groups in total. The maximum atomic E-state index is 12.7. The van der Waals surface area contributed by atoms with Gasteiger partial charge in [-0.1, -0.05) is 28.1 Å². The van der Waals surface area contributed by atoms with Crippen molar-refractivity contribution in [3.05, 3.63) is 63.1 Å². The van der Waals surface area contributed by atoms with Crippen LogP contribution in [0.4, 0.5) is 5.69 Å². The van der Waals surface area contributed by atoms with Gasteiger partial charge in [-0.25, -0.2) is 0 Å². The van der Waals surface area contributed by atoms with E-state index in [1.807, 2.05) is 44.2 Å². The third-order valence-electron chi connectivity index (χ3n) is 3.25. The van der Waals surface area contributed by atoms with Gasteiger partial charge >= 0.3 is 0 Å². The Balaban J connectivity index is 2.46. The Morgan fingerprint density at radius 3 is 2.29 bits per heavy atom. The third-order valence-corrected chi connectivity index (χ3v) is 3.94. The fraction of sp³-hybridized carbons (Fsp3) is 0.176. The number of hydrogen-bond acceptors (Lipinski definition) is 2. The Labute approximate surface area is 132 Å². The molecule has 0 heterocycles. The van der Waals surface area contributed by atoms with E-state index in [1.165, 1.54) is 6.92 Å². The molecule has 2 aromatic rings. The maximum absolute atomic E-state index is 12.7. The molecule has 3 nitrogen and oxygen atoms in total. The second-order valence-electron chi connectivity index (χ2n) is 4.97. The zero-order chi connectivity index (χ0) is 15.6. The summed E-state index contributed by atoms with van der Waals surface area (Å²) < 4.78 is 0.776. The summed E-state index contributed by atoms with van der Waals surface area (Å²) in [7, 11) is 0. The fourth-order valence-corrected chi connectivity index (χ4v) is 2.64. The minimum Gasteiger partial charge on any atom is -0.326 e. The van der Waals surface area contributed by atoms with Crippen molar-refractivity contribution in [1.29, 1.82) is 0 Å². The number of ketones is 1. The van der Waals surface area contributed by atoms with Crippen LogP contribution < -0.4 is 5.32 Å². The lowest BCUT2D eigenvalue weighted by Gasteiger charge is -2.12. The first-order valence-corrected chi connectivity index (χ1v) is 7.37. The predicted molar refractivity (Wildman–Crippen MR) is 87.8 cm³/mol. The van der Waals surface area contributed by atoms with Gasteiger partial charge in [0.1, 0.15) is 0 Å². The lowest BCUT2D eigenvalue weighted by atomic mass is 9.96. The first-order valence-electron chi connectivity index (χ1n) is 6.58. The van der Waals surface area contributed by atoms with Crippen LogP contribution in [0.15, 0.2) is 40.9 Å². The standard InChI is InChI=1S/C17H16BrNO2/c1-10-9-16(19-12(3)20)11(2)8-14(10)17(21)13-6-4-5-7-15(13)18/h4-9H,1-3H3,(H,19,20). The Kier molecular flexibility index (Phi) is 4.58. The molecule has 4 heteroatoms. The maximum Gasteiger partial charge on any atom is 0.221 e. The van der Waals surface area contributed by atoms with E-state index in [-0.39, 0.29) is 11.7 Å². The van der Waals surface area contributed by atoms with Gasteiger partial charge in [0.2, 0.25) is 5.91 Å². The molecule has 0 saturated carbocycles. The highest BCUT2D eigenvalue weighted by Crippen LogP contribution is 2.25. The molecule has 0 aliphatic heterocycles. The van der Waals surface area contributed by atoms with Crippen molar-refractivity contribution < 1.29 is 9.59 Å². The Morgan fingerprint density at radius 1 is 1.00 bits per heavy atom. The molecule has 0 saturated heterocycles. The van der Waals surface area contributed by atoms with E-state index in [9.17, 15) is 9.59 Å². The van der Waals surface area contributed by atoms with Gasteiger partial charge in [0, 0.05) is 28.2 Å². The zero-order valence-corrected chi connectivity index (χ0v) is 13.7. The van der Waals surface area contributed by atoms with Gasteiger partial charge < -0.3 is 5.32 Å². The van der Waals surface area contributed by atoms with Crippen LogP contribution in [0, 0.1) is 13.8 Å². The van der Waals surface area contributed by atoms with E-state index >= 15 is 0 Å². The average molecular weight is 346 g/mol. The molecule has 0 radical (unpaired) electrons. The van der Waals surface area contributed by atoms with Crippen LogP contribution in [0.2, 0.25) is 0 Å². The van der Waals surface area contributed by atoms with Gasteiger partial charge in [-0.2, -0.15) is 0 Å². The first-order chi connectivity index (χ1) is 9.90. The topological polar surface area (TPSA) is 46.2 Å². The largest absolute Gasteiger partial charge is 0.326 e. The van der Waals surface area contributed by atoms with Crippen LogP contribution in [0.25, 0.3) is 0 Å². The highest BCUT2D eigenvalue weighted by molar-refractivity contribution is 9.10. The first kappa shape index (κ1) is 15.4. The fourth-order valence-electron chi connectivity index (χ4n) is 2.18. The van der Waals surface area contributed by atoms with Crippen LogP contribution in [0.3, 0.4) is 0 Å². The summed E-state index contributed by atoms with van der Waals surface area (Å²) in [6, 6.07) is 11.0. The number of amides is 1. The number of carbonyl (C=O) groups excluding carboxylic acids is 2. The highest BCUT2D eigenvalue weighted by atomic mass is 79.9. The summed E-state index contributed by atoms with van der Waals surface area (Å²) in [5.74, 6) is -0.153. The van der Waals surface area contributed by atoms with E-state index in [1.54, 1.807) is 6.07 Å². The molecule has 0 fully saturated rings. The van der Waals surface area contributed by atoms with Crippen LogP contribution in [-0.2, 0) is 4.79 Å². The zero-order valence-electron chi connectivity index (χ0n) is 12.2. The van der Waals surface area contributed by atoms with E-state index in [0.29, 0.717) is 11.1 Å². The number of aryl methyl sites for hydroxylation is 2. The molecule has 108 valence electrons. The third kappa shape index (κ3) is 3.39. The number of anilines is 1. The molecule has 0 aliphatic rings. The number of nitrogens with one attached hydrogen (secondary N) is 1. The summed E-state index contributed by atoms with van der Waals surface area (Å²) in [6.07, 6.45) is 0. The monoisotopic (exact) mass is 345 g/mol. The van der Waals surface area contributed by atoms with Crippen molar-refractivity contribution in [1.82, 2.24) is 0 Å². The molecule has 0 aliphatic carbocycles. The lowest BCUT2D eigenvalue weighted by Crippen LogP contribution is -2.10. The van der Waals surface area contributed by atoms with Crippen LogP contribution >= 0.6 is 15.9 Å². The molecule has 21 heavy (non-hydrogen) atoms. The van der Waals surface area contributed by atoms with Gasteiger partial charge in [-0.05, 0) is 49.2 Å². The minimum atomic E-state index is -0.123. The summed E-state index contributed by atoms with van der Waals surface area (Å²) in [5.41, 5.74) is 3.72. The quantitative estimate of drug-likeness (QED) is 0.845. The summed E-state index contributed by atoms with van der Waals surface area (Å²) >= 11 is 3.41. The van der Waals surface area contributed by atoms with Gasteiger partial charge in [0.25, 0.3) is 0 Å². The van der Waals surface area contributed by atoms with Gasteiger partial charge in [0.05, 0.1) is 0 Å². The summed E-state index contributed by atoms with van der Waals surface area (Å²) in [5, 5.41) is 2.77. The van der Waals surface area contributed by atoms with Crippen LogP contribution in [0.5, 0.6) is 0 Å². The minimum absolute atomic E-state index is 0.0301. The molecule has 1 amide bonds. The molecule has 0 aromatic heterocycles. The van der Waals surface area contributed by atoms with Crippen molar-refractivity contribution in [3.8, 4) is 0 Å². The van der Waals surface area contributed by atoms with Crippen molar-refractivity contribution in [3.63, 3.8) is 0 Å². The van der Waals surface area contributed by atoms with Crippen LogP contribution in [0.1, 0.15) is 34.0 Å². The van der Waals surface area contributed by atoms with Crippen molar-refractivity contribution in [2.24, 2.45) is 0 Å². The van der Waals surface area contributed by atoms with Crippen molar-refractivity contribution in [2.75, 3.05) is 5.32 Å². The molecule has 0 spiro atoms. The SMILES string of the molecule is CC(=O)Nc1cc(C)c(C(=O)c2ccccc2Br)cc1C. The molecule has 2 rings (SSSR count). The lowest BCUT2D eigenvalue weighted by molar-refractivity contribution is -0.114. The number of rotatable bonds is 3. The summed E-state index contributed by atoms with van der Waals surface area (Å²) in [6.45, 7) is 5.21. The molecule has 0 bridgehead atoms. The van der Waals surface area contributed by atoms with Crippen LogP contribution in [-0.4, -0.2) is 11.7 Å². The van der Waals surface area contributed by atoms with E-state index in [0.717, 1.165) is 21.3 Å². The number of halogens is 1. The second kappa shape index (κ2) is 6.22. The van der Waals surface area contributed by atoms with Gasteiger partial charge in [-0.3, -0.25) is 9.59 Å².